The summed E-state index contributed by atoms with van der Waals surface area (Å²) in [5.74, 6) is 0.467. The highest BCUT2D eigenvalue weighted by Crippen LogP contribution is 2.16. The Morgan fingerprint density at radius 3 is 3.11 bits per heavy atom. The van der Waals surface area contributed by atoms with Crippen LogP contribution in [0.1, 0.15) is 29.3 Å². The molecule has 2 rings (SSSR count). The van der Waals surface area contributed by atoms with Crippen molar-refractivity contribution in [2.45, 2.75) is 19.5 Å². The van der Waals surface area contributed by atoms with Crippen LogP contribution in [0.2, 0.25) is 0 Å². The fraction of sp³-hybridized carbons (Fsp3) is 0.385. The molecule has 1 unspecified atom stereocenters. The summed E-state index contributed by atoms with van der Waals surface area (Å²) in [5, 5.41) is 7.42. The second kappa shape index (κ2) is 6.19. The molecular formula is C13H17N3O3. The number of aromatic nitrogens is 2. The van der Waals surface area contributed by atoms with Gasteiger partial charge in [0, 0.05) is 18.9 Å². The number of ether oxygens (including phenoxy) is 1. The Morgan fingerprint density at radius 2 is 2.42 bits per heavy atom. The van der Waals surface area contributed by atoms with Gasteiger partial charge in [-0.2, -0.15) is 5.10 Å². The number of carbonyl (C=O) groups excluding carboxylic acids is 1. The molecule has 0 radical (unpaired) electrons. The quantitative estimate of drug-likeness (QED) is 0.802. The van der Waals surface area contributed by atoms with E-state index in [1.165, 1.54) is 7.11 Å². The van der Waals surface area contributed by atoms with Gasteiger partial charge in [-0.1, -0.05) is 0 Å². The number of hydrogen-bond donors (Lipinski definition) is 1. The van der Waals surface area contributed by atoms with E-state index in [0.717, 1.165) is 13.1 Å². The Morgan fingerprint density at radius 1 is 1.58 bits per heavy atom. The van der Waals surface area contributed by atoms with E-state index in [0.29, 0.717) is 5.76 Å². The molecule has 0 saturated heterocycles. The van der Waals surface area contributed by atoms with Gasteiger partial charge in [0.05, 0.1) is 19.7 Å². The zero-order valence-electron chi connectivity index (χ0n) is 11.0. The molecule has 2 aromatic heterocycles. The van der Waals surface area contributed by atoms with Crippen LogP contribution in [0, 0.1) is 0 Å². The maximum absolute atomic E-state index is 11.3. The van der Waals surface area contributed by atoms with Crippen molar-refractivity contribution in [2.24, 2.45) is 0 Å². The lowest BCUT2D eigenvalue weighted by molar-refractivity contribution is 0.0562. The smallest absolute Gasteiger partial charge is 0.373 e. The summed E-state index contributed by atoms with van der Waals surface area (Å²) in [5.41, 5.74) is 0. The number of nitrogens with zero attached hydrogens (tertiary/aromatic N) is 2. The highest BCUT2D eigenvalue weighted by atomic mass is 16.5. The third-order valence-corrected chi connectivity index (χ3v) is 2.79. The number of nitrogens with one attached hydrogen (secondary N) is 1. The fourth-order valence-electron chi connectivity index (χ4n) is 1.72. The summed E-state index contributed by atoms with van der Waals surface area (Å²) in [6.45, 7) is 3.52. The van der Waals surface area contributed by atoms with Crippen LogP contribution < -0.4 is 5.32 Å². The number of methoxy groups -OCH3 is 1. The largest absolute Gasteiger partial charge is 0.463 e. The first-order valence-corrected chi connectivity index (χ1v) is 6.09. The van der Waals surface area contributed by atoms with Crippen LogP contribution in [0.15, 0.2) is 35.0 Å². The predicted molar refractivity (Wildman–Crippen MR) is 68.7 cm³/mol. The standard InChI is InChI=1S/C13H17N3O3/c1-10(14-7-9-16-8-3-6-15-16)11-4-5-12(19-11)13(17)18-2/h3-6,8,10,14H,7,9H2,1-2H3. The maximum atomic E-state index is 11.3. The Hall–Kier alpha value is -2.08. The number of furan rings is 1. The lowest BCUT2D eigenvalue weighted by atomic mass is 10.2. The summed E-state index contributed by atoms with van der Waals surface area (Å²) in [4.78, 5) is 11.3. The van der Waals surface area contributed by atoms with Crippen molar-refractivity contribution in [3.8, 4) is 0 Å². The molecule has 6 nitrogen and oxygen atoms in total. The van der Waals surface area contributed by atoms with E-state index in [9.17, 15) is 4.79 Å². The van der Waals surface area contributed by atoms with Gasteiger partial charge in [-0.3, -0.25) is 4.68 Å². The Labute approximate surface area is 111 Å². The van der Waals surface area contributed by atoms with Gasteiger partial charge in [0.15, 0.2) is 0 Å². The molecule has 102 valence electrons. The van der Waals surface area contributed by atoms with Gasteiger partial charge in [0.1, 0.15) is 5.76 Å². The summed E-state index contributed by atoms with van der Waals surface area (Å²) < 4.78 is 11.9. The van der Waals surface area contributed by atoms with Crippen LogP contribution in [0.5, 0.6) is 0 Å². The van der Waals surface area contributed by atoms with E-state index in [4.69, 9.17) is 4.42 Å². The summed E-state index contributed by atoms with van der Waals surface area (Å²) in [6.07, 6.45) is 3.66. The van der Waals surface area contributed by atoms with E-state index >= 15 is 0 Å². The molecular weight excluding hydrogens is 246 g/mol. The summed E-state index contributed by atoms with van der Waals surface area (Å²) in [6, 6.07) is 5.30. The van der Waals surface area contributed by atoms with Crippen molar-refractivity contribution in [3.63, 3.8) is 0 Å². The molecule has 2 heterocycles. The van der Waals surface area contributed by atoms with E-state index in [1.54, 1.807) is 18.3 Å². The average molecular weight is 263 g/mol. The molecule has 6 heteroatoms. The molecule has 0 saturated carbocycles. The Balaban J connectivity index is 1.84. The molecule has 1 N–H and O–H groups in total. The molecule has 19 heavy (non-hydrogen) atoms. The summed E-state index contributed by atoms with van der Waals surface area (Å²) in [7, 11) is 1.33. The van der Waals surface area contributed by atoms with Crippen molar-refractivity contribution in [1.82, 2.24) is 15.1 Å². The van der Waals surface area contributed by atoms with E-state index in [1.807, 2.05) is 23.9 Å². The summed E-state index contributed by atoms with van der Waals surface area (Å²) >= 11 is 0. The van der Waals surface area contributed by atoms with Crippen molar-refractivity contribution in [2.75, 3.05) is 13.7 Å². The zero-order chi connectivity index (χ0) is 13.7. The average Bonchev–Trinajstić information content (AvgIpc) is 3.08. The minimum atomic E-state index is -0.463. The first-order chi connectivity index (χ1) is 9.20. The minimum Gasteiger partial charge on any atom is -0.463 e. The third-order valence-electron chi connectivity index (χ3n) is 2.79. The molecule has 0 aromatic carbocycles. The SMILES string of the molecule is COC(=O)c1ccc(C(C)NCCn2cccn2)o1. The van der Waals surface area contributed by atoms with Gasteiger partial charge in [-0.15, -0.1) is 0 Å². The van der Waals surface area contributed by atoms with Crippen molar-refractivity contribution in [1.29, 1.82) is 0 Å². The number of hydrogen-bond acceptors (Lipinski definition) is 5. The molecule has 2 aromatic rings. The van der Waals surface area contributed by atoms with Crippen molar-refractivity contribution < 1.29 is 13.9 Å². The van der Waals surface area contributed by atoms with E-state index in [2.05, 4.69) is 15.2 Å². The molecule has 0 aliphatic heterocycles. The molecule has 0 bridgehead atoms. The molecule has 0 aliphatic rings. The molecule has 0 fully saturated rings. The fourth-order valence-corrected chi connectivity index (χ4v) is 1.72. The van der Waals surface area contributed by atoms with Crippen LogP contribution in [0.25, 0.3) is 0 Å². The second-order valence-corrected chi connectivity index (χ2v) is 4.14. The van der Waals surface area contributed by atoms with Gasteiger partial charge < -0.3 is 14.5 Å². The monoisotopic (exact) mass is 263 g/mol. The van der Waals surface area contributed by atoms with E-state index < -0.39 is 5.97 Å². The number of rotatable bonds is 6. The minimum absolute atomic E-state index is 0.0222. The first kappa shape index (κ1) is 13.4. The number of esters is 1. The Kier molecular flexibility index (Phi) is 4.35. The Bertz CT molecular complexity index is 519. The van der Waals surface area contributed by atoms with Gasteiger partial charge in [-0.25, -0.2) is 4.79 Å². The van der Waals surface area contributed by atoms with Crippen molar-refractivity contribution in [3.05, 3.63) is 42.1 Å². The third kappa shape index (κ3) is 3.45. The highest BCUT2D eigenvalue weighted by Gasteiger charge is 2.14. The molecule has 0 aliphatic carbocycles. The first-order valence-electron chi connectivity index (χ1n) is 6.09. The normalized spacial score (nSPS) is 12.3. The van der Waals surface area contributed by atoms with Crippen LogP contribution in [0.3, 0.4) is 0 Å². The molecule has 0 amide bonds. The van der Waals surface area contributed by atoms with Gasteiger partial charge >= 0.3 is 5.97 Å². The van der Waals surface area contributed by atoms with Crippen molar-refractivity contribution >= 4 is 5.97 Å². The molecule has 1 atom stereocenters. The van der Waals surface area contributed by atoms with Gasteiger partial charge in [-0.05, 0) is 25.1 Å². The predicted octanol–water partition coefficient (Wildman–Crippen LogP) is 1.61. The van der Waals surface area contributed by atoms with Crippen LogP contribution >= 0.6 is 0 Å². The van der Waals surface area contributed by atoms with E-state index in [-0.39, 0.29) is 11.8 Å². The lowest BCUT2D eigenvalue weighted by Gasteiger charge is -2.11. The highest BCUT2D eigenvalue weighted by molar-refractivity contribution is 5.86. The maximum Gasteiger partial charge on any atom is 0.373 e. The topological polar surface area (TPSA) is 69.3 Å². The number of carbonyl (C=O) groups is 1. The zero-order valence-corrected chi connectivity index (χ0v) is 11.0. The van der Waals surface area contributed by atoms with Crippen LogP contribution in [-0.4, -0.2) is 29.4 Å². The van der Waals surface area contributed by atoms with Gasteiger partial charge in [0.2, 0.25) is 5.76 Å². The van der Waals surface area contributed by atoms with Gasteiger partial charge in [0.25, 0.3) is 0 Å². The second-order valence-electron chi connectivity index (χ2n) is 4.14. The van der Waals surface area contributed by atoms with Crippen LogP contribution in [-0.2, 0) is 11.3 Å². The molecule has 0 spiro atoms. The van der Waals surface area contributed by atoms with Crippen LogP contribution in [0.4, 0.5) is 0 Å². The lowest BCUT2D eigenvalue weighted by Crippen LogP contribution is -2.23.